The lowest BCUT2D eigenvalue weighted by molar-refractivity contribution is -0.233. The van der Waals surface area contributed by atoms with Crippen molar-refractivity contribution in [1.82, 2.24) is 0 Å². The summed E-state index contributed by atoms with van der Waals surface area (Å²) in [6, 6.07) is 0. The largest absolute Gasteiger partial charge is 0.420 e. The molecule has 7 aliphatic carbocycles. The van der Waals surface area contributed by atoms with Gasteiger partial charge in [-0.3, -0.25) is 0 Å². The number of hydrogen-bond donors (Lipinski definition) is 0. The minimum absolute atomic E-state index is 0.249. The zero-order valence-electron chi connectivity index (χ0n) is 16.5. The minimum Gasteiger partial charge on any atom is -0.386 e. The average Bonchev–Trinajstić information content (AvgIpc) is 2.64. The molecule has 8 bridgehead atoms. The van der Waals surface area contributed by atoms with Gasteiger partial charge in [0.05, 0.1) is 0 Å². The first-order valence-electron chi connectivity index (χ1n) is 10.8. The molecule has 0 aromatic heterocycles. The van der Waals surface area contributed by atoms with Crippen molar-refractivity contribution in [3.05, 3.63) is 0 Å². The molecule has 0 spiro atoms. The molecule has 0 aromatic carbocycles. The molecule has 2 nitrogen and oxygen atoms in total. The van der Waals surface area contributed by atoms with Gasteiger partial charge in [0.25, 0.3) is 0 Å². The summed E-state index contributed by atoms with van der Waals surface area (Å²) in [5.74, 6) is 12.5. The van der Waals surface area contributed by atoms with E-state index in [2.05, 4.69) is 23.9 Å². The summed E-state index contributed by atoms with van der Waals surface area (Å²) in [4.78, 5) is 0. The Morgan fingerprint density at radius 2 is 1.19 bits per heavy atom. The molecule has 0 aliphatic heterocycles. The van der Waals surface area contributed by atoms with Crippen molar-refractivity contribution in [3.63, 3.8) is 0 Å². The van der Waals surface area contributed by atoms with E-state index in [1.165, 1.54) is 38.5 Å². The zero-order chi connectivity index (χ0) is 18.2. The number of rotatable bonds is 4. The molecule has 7 aliphatic rings. The summed E-state index contributed by atoms with van der Waals surface area (Å²) in [6.07, 6.45) is 13.9. The summed E-state index contributed by atoms with van der Waals surface area (Å²) in [5, 5.41) is 0. The second kappa shape index (κ2) is 5.63. The van der Waals surface area contributed by atoms with E-state index >= 15 is 0 Å². The third kappa shape index (κ3) is 2.27. The van der Waals surface area contributed by atoms with Gasteiger partial charge in [-0.25, -0.2) is 0 Å². The smallest absolute Gasteiger partial charge is 0.386 e. The van der Waals surface area contributed by atoms with E-state index < -0.39 is 8.56 Å². The first-order chi connectivity index (χ1) is 12.5. The monoisotopic (exact) mass is 368 g/mol. The van der Waals surface area contributed by atoms with Gasteiger partial charge in [0.15, 0.2) is 0 Å². The van der Waals surface area contributed by atoms with Crippen LogP contribution in [0.15, 0.2) is 0 Å². The highest BCUT2D eigenvalue weighted by atomic mass is 28.4. The van der Waals surface area contributed by atoms with Crippen LogP contribution in [0.25, 0.3) is 0 Å². The molecule has 0 saturated heterocycles. The summed E-state index contributed by atoms with van der Waals surface area (Å²) >= 11 is 0. The molecular formula is C23H32O2Si. The highest BCUT2D eigenvalue weighted by Crippen LogP contribution is 2.76. The Morgan fingerprint density at radius 3 is 1.54 bits per heavy atom. The van der Waals surface area contributed by atoms with Gasteiger partial charge in [0.2, 0.25) is 0 Å². The lowest BCUT2D eigenvalue weighted by atomic mass is 9.31. The molecule has 0 radical (unpaired) electrons. The molecule has 0 atom stereocenters. The van der Waals surface area contributed by atoms with Crippen LogP contribution in [0, 0.1) is 70.1 Å². The highest BCUT2D eigenvalue weighted by molar-refractivity contribution is 6.74. The number of hydrogen-bond acceptors (Lipinski definition) is 2. The van der Waals surface area contributed by atoms with E-state index in [1.54, 1.807) is 0 Å². The van der Waals surface area contributed by atoms with Crippen LogP contribution in [-0.4, -0.2) is 21.8 Å². The maximum atomic E-state index is 6.02. The molecule has 0 unspecified atom stereocenters. The standard InChI is InChI=1S/C23H32O2Si/c1-5-22-10-16-19-13-23(8-9-26(4,24-6-2)25-7-3)14-20(16)18(12-22)21(15-23)17(19)11-22/h1,16-21H,6-7,10-15H2,2-4H3. The Balaban J connectivity index is 1.44. The van der Waals surface area contributed by atoms with Gasteiger partial charge in [-0.1, -0.05) is 17.4 Å². The molecular weight excluding hydrogens is 336 g/mol. The molecule has 140 valence electrons. The fourth-order valence-electron chi connectivity index (χ4n) is 8.17. The van der Waals surface area contributed by atoms with Crippen molar-refractivity contribution >= 4 is 8.56 Å². The molecule has 7 fully saturated rings. The first-order valence-corrected chi connectivity index (χ1v) is 13.1. The molecule has 26 heavy (non-hydrogen) atoms. The van der Waals surface area contributed by atoms with Gasteiger partial charge < -0.3 is 8.85 Å². The van der Waals surface area contributed by atoms with E-state index in [0.717, 1.165) is 35.5 Å². The second-order valence-electron chi connectivity index (χ2n) is 9.97. The highest BCUT2D eigenvalue weighted by Gasteiger charge is 2.70. The van der Waals surface area contributed by atoms with Crippen LogP contribution >= 0.6 is 0 Å². The van der Waals surface area contributed by atoms with E-state index in [9.17, 15) is 0 Å². The van der Waals surface area contributed by atoms with Gasteiger partial charge in [0.1, 0.15) is 0 Å². The predicted molar refractivity (Wildman–Crippen MR) is 105 cm³/mol. The van der Waals surface area contributed by atoms with Crippen LogP contribution in [0.4, 0.5) is 0 Å². The van der Waals surface area contributed by atoms with Crippen LogP contribution in [0.2, 0.25) is 6.55 Å². The Labute approximate surface area is 160 Å². The fraction of sp³-hybridized carbons (Fsp3) is 0.826. The van der Waals surface area contributed by atoms with Crippen molar-refractivity contribution in [2.75, 3.05) is 13.2 Å². The van der Waals surface area contributed by atoms with Crippen molar-refractivity contribution in [3.8, 4) is 23.8 Å². The average molecular weight is 369 g/mol. The van der Waals surface area contributed by atoms with Crippen molar-refractivity contribution in [1.29, 1.82) is 0 Å². The maximum Gasteiger partial charge on any atom is 0.420 e. The molecule has 3 heteroatoms. The Morgan fingerprint density at radius 1 is 0.808 bits per heavy atom. The Kier molecular flexibility index (Phi) is 3.76. The molecule has 7 rings (SSSR count). The van der Waals surface area contributed by atoms with E-state index in [1.807, 2.05) is 13.8 Å². The molecule has 7 saturated carbocycles. The van der Waals surface area contributed by atoms with Gasteiger partial charge >= 0.3 is 8.56 Å². The molecule has 0 N–H and O–H groups in total. The van der Waals surface area contributed by atoms with Crippen LogP contribution in [-0.2, 0) is 8.85 Å². The van der Waals surface area contributed by atoms with E-state index in [4.69, 9.17) is 15.3 Å². The van der Waals surface area contributed by atoms with E-state index in [-0.39, 0.29) is 10.8 Å². The number of terminal acetylenes is 1. The summed E-state index contributed by atoms with van der Waals surface area (Å²) in [6.45, 7) is 7.60. The van der Waals surface area contributed by atoms with Crippen molar-refractivity contribution in [2.24, 2.45) is 46.3 Å². The second-order valence-corrected chi connectivity index (χ2v) is 12.7. The maximum absolute atomic E-state index is 6.02. The van der Waals surface area contributed by atoms with Crippen LogP contribution in [0.3, 0.4) is 0 Å². The Hall–Kier alpha value is -0.743. The SMILES string of the molecule is C#CC12CC3C4CC5(C#C[Si](C)(OCC)OCC)CC3C(C1)C(C5)C4C2. The van der Waals surface area contributed by atoms with Crippen molar-refractivity contribution in [2.45, 2.75) is 58.9 Å². The van der Waals surface area contributed by atoms with Gasteiger partial charge in [-0.15, -0.1) is 6.42 Å². The summed E-state index contributed by atoms with van der Waals surface area (Å²) in [5.41, 5.74) is 4.09. The lowest BCUT2D eigenvalue weighted by Gasteiger charge is -2.73. The summed E-state index contributed by atoms with van der Waals surface area (Å²) in [7, 11) is -2.34. The third-order valence-electron chi connectivity index (χ3n) is 8.76. The first kappa shape index (κ1) is 17.4. The van der Waals surface area contributed by atoms with Crippen LogP contribution < -0.4 is 0 Å². The minimum atomic E-state index is -2.34. The zero-order valence-corrected chi connectivity index (χ0v) is 17.5. The van der Waals surface area contributed by atoms with Crippen LogP contribution in [0.1, 0.15) is 52.4 Å². The predicted octanol–water partition coefficient (Wildman–Crippen LogP) is 4.39. The Bertz CT molecular complexity index is 639. The topological polar surface area (TPSA) is 18.5 Å². The molecule has 0 aromatic rings. The van der Waals surface area contributed by atoms with Gasteiger partial charge in [0, 0.05) is 24.0 Å². The van der Waals surface area contributed by atoms with Crippen molar-refractivity contribution < 1.29 is 8.85 Å². The van der Waals surface area contributed by atoms with E-state index in [0.29, 0.717) is 13.2 Å². The van der Waals surface area contributed by atoms with Gasteiger partial charge in [-0.05, 0) is 94.4 Å². The fourth-order valence-corrected chi connectivity index (χ4v) is 9.99. The quantitative estimate of drug-likeness (QED) is 0.541. The van der Waals surface area contributed by atoms with Gasteiger partial charge in [-0.2, -0.15) is 0 Å². The molecule has 0 heterocycles. The van der Waals surface area contributed by atoms with Crippen LogP contribution in [0.5, 0.6) is 0 Å². The normalized spacial score (nSPS) is 49.8. The third-order valence-corrected chi connectivity index (χ3v) is 11.0. The lowest BCUT2D eigenvalue weighted by Crippen LogP contribution is -2.67. The summed E-state index contributed by atoms with van der Waals surface area (Å²) < 4.78 is 12.0. The molecule has 0 amide bonds.